The van der Waals surface area contributed by atoms with Crippen LogP contribution in [0.5, 0.6) is 0 Å². The van der Waals surface area contributed by atoms with Crippen molar-refractivity contribution in [1.29, 1.82) is 0 Å². The van der Waals surface area contributed by atoms with Gasteiger partial charge < -0.3 is 4.42 Å². The van der Waals surface area contributed by atoms with Crippen LogP contribution in [0.2, 0.25) is 0 Å². The summed E-state index contributed by atoms with van der Waals surface area (Å²) < 4.78 is 7.08. The van der Waals surface area contributed by atoms with E-state index in [1.807, 2.05) is 60.7 Å². The third-order valence-electron chi connectivity index (χ3n) is 4.41. The largest absolute Gasteiger partial charge is 0.421 e. The highest BCUT2D eigenvalue weighted by Crippen LogP contribution is 2.15. The highest BCUT2D eigenvalue weighted by molar-refractivity contribution is 5.72. The second-order valence-electron chi connectivity index (χ2n) is 6.36. The minimum Gasteiger partial charge on any atom is -0.408 e. The first-order chi connectivity index (χ1) is 12.8. The molecule has 1 heterocycles. The normalized spacial score (nSPS) is 11.3. The number of nitrogens with zero attached hydrogens (tertiary/aromatic N) is 2. The van der Waals surface area contributed by atoms with Crippen molar-refractivity contribution in [3.63, 3.8) is 0 Å². The number of benzene rings is 3. The maximum Gasteiger partial charge on any atom is 0.421 e. The van der Waals surface area contributed by atoms with Gasteiger partial charge >= 0.3 is 5.76 Å². The van der Waals surface area contributed by atoms with Gasteiger partial charge in [-0.2, -0.15) is 0 Å². The average Bonchev–Trinajstić information content (AvgIpc) is 2.99. The van der Waals surface area contributed by atoms with E-state index in [4.69, 9.17) is 4.42 Å². The SMILES string of the molecule is O=c1oc2ccccc2n1CN(Cc1ccccc1)Cc1ccccc1. The van der Waals surface area contributed by atoms with Gasteiger partial charge in [0, 0.05) is 13.1 Å². The summed E-state index contributed by atoms with van der Waals surface area (Å²) in [5.74, 6) is -0.322. The van der Waals surface area contributed by atoms with Gasteiger partial charge in [0.1, 0.15) is 0 Å². The van der Waals surface area contributed by atoms with Crippen molar-refractivity contribution in [2.45, 2.75) is 19.8 Å². The number of rotatable bonds is 6. The predicted molar refractivity (Wildman–Crippen MR) is 103 cm³/mol. The van der Waals surface area contributed by atoms with Crippen LogP contribution in [-0.4, -0.2) is 9.47 Å². The third-order valence-corrected chi connectivity index (χ3v) is 4.41. The quantitative estimate of drug-likeness (QED) is 0.525. The molecule has 0 atom stereocenters. The highest BCUT2D eigenvalue weighted by atomic mass is 16.4. The Morgan fingerprint density at radius 1 is 0.731 bits per heavy atom. The molecule has 0 aliphatic rings. The minimum atomic E-state index is -0.322. The molecular weight excluding hydrogens is 324 g/mol. The van der Waals surface area contributed by atoms with E-state index >= 15 is 0 Å². The molecule has 0 aliphatic carbocycles. The fourth-order valence-corrected chi connectivity index (χ4v) is 3.19. The first kappa shape index (κ1) is 16.4. The van der Waals surface area contributed by atoms with Gasteiger partial charge in [-0.15, -0.1) is 0 Å². The zero-order valence-corrected chi connectivity index (χ0v) is 14.4. The smallest absolute Gasteiger partial charge is 0.408 e. The fraction of sp³-hybridized carbons (Fsp3) is 0.136. The summed E-state index contributed by atoms with van der Waals surface area (Å²) in [6.45, 7) is 1.98. The minimum absolute atomic E-state index is 0.322. The van der Waals surface area contributed by atoms with Gasteiger partial charge in [0.25, 0.3) is 0 Å². The molecule has 130 valence electrons. The Labute approximate surface area is 151 Å². The third kappa shape index (κ3) is 3.60. The molecule has 0 fully saturated rings. The lowest BCUT2D eigenvalue weighted by atomic mass is 10.2. The van der Waals surface area contributed by atoms with E-state index in [9.17, 15) is 4.79 Å². The molecule has 0 saturated heterocycles. The van der Waals surface area contributed by atoms with E-state index < -0.39 is 0 Å². The molecule has 0 radical (unpaired) electrons. The molecule has 0 bridgehead atoms. The second-order valence-corrected chi connectivity index (χ2v) is 6.36. The zero-order valence-electron chi connectivity index (χ0n) is 14.4. The zero-order chi connectivity index (χ0) is 17.8. The summed E-state index contributed by atoms with van der Waals surface area (Å²) in [6.07, 6.45) is 0. The fourth-order valence-electron chi connectivity index (χ4n) is 3.19. The van der Waals surface area contributed by atoms with Crippen LogP contribution in [0, 0.1) is 0 Å². The second kappa shape index (κ2) is 7.42. The molecule has 4 rings (SSSR count). The van der Waals surface area contributed by atoms with E-state index in [1.54, 1.807) is 4.57 Å². The Bertz CT molecular complexity index is 994. The van der Waals surface area contributed by atoms with Gasteiger partial charge in [0.15, 0.2) is 5.58 Å². The maximum absolute atomic E-state index is 12.3. The molecule has 3 aromatic carbocycles. The van der Waals surface area contributed by atoms with Crippen molar-refractivity contribution in [2.24, 2.45) is 0 Å². The van der Waals surface area contributed by atoms with Crippen molar-refractivity contribution in [3.05, 3.63) is 107 Å². The van der Waals surface area contributed by atoms with Gasteiger partial charge in [-0.25, -0.2) is 4.79 Å². The molecule has 1 aromatic heterocycles. The average molecular weight is 344 g/mol. The molecule has 0 amide bonds. The first-order valence-corrected chi connectivity index (χ1v) is 8.68. The number of para-hydroxylation sites is 2. The van der Waals surface area contributed by atoms with E-state index in [0.717, 1.165) is 18.6 Å². The molecule has 4 nitrogen and oxygen atoms in total. The molecule has 0 saturated carbocycles. The van der Waals surface area contributed by atoms with E-state index in [0.29, 0.717) is 12.3 Å². The van der Waals surface area contributed by atoms with Gasteiger partial charge in [0.2, 0.25) is 0 Å². The predicted octanol–water partition coefficient (Wildman–Crippen LogP) is 4.25. The Kier molecular flexibility index (Phi) is 4.67. The molecule has 26 heavy (non-hydrogen) atoms. The summed E-state index contributed by atoms with van der Waals surface area (Å²) >= 11 is 0. The van der Waals surface area contributed by atoms with Crippen LogP contribution in [0.4, 0.5) is 0 Å². The van der Waals surface area contributed by atoms with Gasteiger partial charge in [-0.1, -0.05) is 72.8 Å². The highest BCUT2D eigenvalue weighted by Gasteiger charge is 2.14. The van der Waals surface area contributed by atoms with Crippen molar-refractivity contribution < 1.29 is 4.42 Å². The Morgan fingerprint density at radius 3 is 1.88 bits per heavy atom. The number of hydrogen-bond acceptors (Lipinski definition) is 3. The summed E-state index contributed by atoms with van der Waals surface area (Å²) in [5.41, 5.74) is 3.87. The van der Waals surface area contributed by atoms with Crippen LogP contribution in [0.25, 0.3) is 11.1 Å². The van der Waals surface area contributed by atoms with E-state index in [-0.39, 0.29) is 5.76 Å². The molecule has 0 N–H and O–H groups in total. The molecule has 0 spiro atoms. The van der Waals surface area contributed by atoms with Crippen LogP contribution in [-0.2, 0) is 19.8 Å². The maximum atomic E-state index is 12.3. The number of hydrogen-bond donors (Lipinski definition) is 0. The number of fused-ring (bicyclic) bond motifs is 1. The van der Waals surface area contributed by atoms with Crippen LogP contribution in [0.1, 0.15) is 11.1 Å². The molecular formula is C22H20N2O2. The molecule has 4 aromatic rings. The van der Waals surface area contributed by atoms with Crippen molar-refractivity contribution in [3.8, 4) is 0 Å². The van der Waals surface area contributed by atoms with Crippen molar-refractivity contribution >= 4 is 11.1 Å². The summed E-state index contributed by atoms with van der Waals surface area (Å²) in [4.78, 5) is 14.6. The summed E-state index contributed by atoms with van der Waals surface area (Å²) in [5, 5.41) is 0. The Morgan fingerprint density at radius 2 is 1.27 bits per heavy atom. The monoisotopic (exact) mass is 344 g/mol. The lowest BCUT2D eigenvalue weighted by molar-refractivity contribution is 0.196. The lowest BCUT2D eigenvalue weighted by Crippen LogP contribution is -2.30. The van der Waals surface area contributed by atoms with Crippen LogP contribution < -0.4 is 5.76 Å². The summed E-state index contributed by atoms with van der Waals surface area (Å²) in [7, 11) is 0. The van der Waals surface area contributed by atoms with Crippen LogP contribution in [0.15, 0.2) is 94.1 Å². The lowest BCUT2D eigenvalue weighted by Gasteiger charge is -2.23. The van der Waals surface area contributed by atoms with Crippen molar-refractivity contribution in [2.75, 3.05) is 0 Å². The summed E-state index contributed by atoms with van der Waals surface area (Å²) in [6, 6.07) is 28.1. The van der Waals surface area contributed by atoms with Crippen LogP contribution in [0.3, 0.4) is 0 Å². The van der Waals surface area contributed by atoms with Gasteiger partial charge in [-0.3, -0.25) is 9.47 Å². The van der Waals surface area contributed by atoms with Crippen LogP contribution >= 0.6 is 0 Å². The first-order valence-electron chi connectivity index (χ1n) is 8.68. The van der Waals surface area contributed by atoms with E-state index in [1.165, 1.54) is 11.1 Å². The molecule has 0 unspecified atom stereocenters. The van der Waals surface area contributed by atoms with Gasteiger partial charge in [-0.05, 0) is 23.3 Å². The standard InChI is InChI=1S/C22H20N2O2/c25-22-24(20-13-7-8-14-21(20)26-22)17-23(15-18-9-3-1-4-10-18)16-19-11-5-2-6-12-19/h1-14H,15-17H2. The molecule has 0 aliphatic heterocycles. The Hall–Kier alpha value is -3.11. The molecule has 4 heteroatoms. The number of oxazole rings is 1. The Balaban J connectivity index is 1.65. The van der Waals surface area contributed by atoms with E-state index in [2.05, 4.69) is 29.2 Å². The number of aromatic nitrogens is 1. The van der Waals surface area contributed by atoms with Gasteiger partial charge in [0.05, 0.1) is 12.2 Å². The van der Waals surface area contributed by atoms with Crippen molar-refractivity contribution in [1.82, 2.24) is 9.47 Å². The topological polar surface area (TPSA) is 38.4 Å².